The van der Waals surface area contributed by atoms with E-state index in [0.717, 1.165) is 28.5 Å². The van der Waals surface area contributed by atoms with Crippen molar-refractivity contribution >= 4 is 31.9 Å². The summed E-state index contributed by atoms with van der Waals surface area (Å²) in [5.74, 6) is 0. The predicted octanol–water partition coefficient (Wildman–Crippen LogP) is 3.71. The third-order valence-electron chi connectivity index (χ3n) is 3.85. The highest BCUT2D eigenvalue weighted by Gasteiger charge is 2.21. The lowest BCUT2D eigenvalue weighted by atomic mass is 10.0. The standard InChI is InChI=1S/C15H22Br2N2O/c1-19(10-12-4-2-3-7-20-12)15(9-18)11-5-6-13(16)14(17)8-11/h5-6,8,12,15H,2-4,7,9-10,18H2,1H3. The van der Waals surface area contributed by atoms with Crippen LogP contribution in [-0.2, 0) is 4.74 Å². The maximum atomic E-state index is 5.99. The maximum Gasteiger partial charge on any atom is 0.0702 e. The summed E-state index contributed by atoms with van der Waals surface area (Å²) in [7, 11) is 2.13. The quantitative estimate of drug-likeness (QED) is 0.811. The Kier molecular flexibility index (Phi) is 6.49. The molecule has 0 amide bonds. The van der Waals surface area contributed by atoms with Gasteiger partial charge in [0.1, 0.15) is 0 Å². The Balaban J connectivity index is 2.03. The second-order valence-electron chi connectivity index (χ2n) is 5.35. The zero-order valence-corrected chi connectivity index (χ0v) is 15.0. The summed E-state index contributed by atoms with van der Waals surface area (Å²) in [6.07, 6.45) is 3.98. The van der Waals surface area contributed by atoms with E-state index in [0.29, 0.717) is 12.6 Å². The fraction of sp³-hybridized carbons (Fsp3) is 0.600. The van der Waals surface area contributed by atoms with Gasteiger partial charge in [0, 0.05) is 34.7 Å². The van der Waals surface area contributed by atoms with Gasteiger partial charge in [-0.05, 0) is 75.9 Å². The largest absolute Gasteiger partial charge is 0.377 e. The van der Waals surface area contributed by atoms with Gasteiger partial charge in [-0.2, -0.15) is 0 Å². The van der Waals surface area contributed by atoms with Crippen LogP contribution in [0.2, 0.25) is 0 Å². The van der Waals surface area contributed by atoms with Crippen molar-refractivity contribution < 1.29 is 4.74 Å². The van der Waals surface area contributed by atoms with Crippen LogP contribution < -0.4 is 5.73 Å². The number of benzene rings is 1. The van der Waals surface area contributed by atoms with Crippen LogP contribution in [0.3, 0.4) is 0 Å². The van der Waals surface area contributed by atoms with E-state index >= 15 is 0 Å². The summed E-state index contributed by atoms with van der Waals surface area (Å²) in [6.45, 7) is 2.45. The number of ether oxygens (including phenoxy) is 1. The molecule has 1 aromatic carbocycles. The summed E-state index contributed by atoms with van der Waals surface area (Å²) in [5, 5.41) is 0. The summed E-state index contributed by atoms with van der Waals surface area (Å²) in [6, 6.07) is 6.56. The molecular weight excluding hydrogens is 384 g/mol. The van der Waals surface area contributed by atoms with E-state index in [1.807, 2.05) is 0 Å². The Morgan fingerprint density at radius 3 is 2.75 bits per heavy atom. The third-order valence-corrected chi connectivity index (χ3v) is 5.73. The first kappa shape index (κ1) is 16.4. The monoisotopic (exact) mass is 404 g/mol. The Labute approximate surface area is 138 Å². The lowest BCUT2D eigenvalue weighted by molar-refractivity contribution is -0.00778. The maximum absolute atomic E-state index is 5.99. The molecule has 0 aliphatic carbocycles. The topological polar surface area (TPSA) is 38.5 Å². The average molecular weight is 406 g/mol. The van der Waals surface area contributed by atoms with Crippen molar-refractivity contribution in [2.24, 2.45) is 5.73 Å². The van der Waals surface area contributed by atoms with Gasteiger partial charge >= 0.3 is 0 Å². The van der Waals surface area contributed by atoms with Gasteiger partial charge in [0.05, 0.1) is 6.10 Å². The van der Waals surface area contributed by atoms with Gasteiger partial charge in [-0.3, -0.25) is 4.90 Å². The highest BCUT2D eigenvalue weighted by molar-refractivity contribution is 9.13. The number of rotatable bonds is 5. The lowest BCUT2D eigenvalue weighted by Crippen LogP contribution is -2.38. The Hall–Kier alpha value is 0.0600. The molecule has 1 saturated heterocycles. The van der Waals surface area contributed by atoms with Gasteiger partial charge in [-0.1, -0.05) is 6.07 Å². The molecule has 0 saturated carbocycles. The molecule has 2 unspecified atom stereocenters. The number of hydrogen-bond donors (Lipinski definition) is 1. The minimum Gasteiger partial charge on any atom is -0.377 e. The van der Waals surface area contributed by atoms with Crippen molar-refractivity contribution in [2.45, 2.75) is 31.4 Å². The number of hydrogen-bond acceptors (Lipinski definition) is 3. The van der Waals surface area contributed by atoms with Crippen molar-refractivity contribution in [3.05, 3.63) is 32.7 Å². The van der Waals surface area contributed by atoms with E-state index in [2.05, 4.69) is 62.0 Å². The molecule has 0 radical (unpaired) electrons. The first-order valence-electron chi connectivity index (χ1n) is 7.08. The lowest BCUT2D eigenvalue weighted by Gasteiger charge is -2.32. The van der Waals surface area contributed by atoms with Gasteiger partial charge in [-0.25, -0.2) is 0 Å². The second kappa shape index (κ2) is 7.90. The van der Waals surface area contributed by atoms with E-state index in [4.69, 9.17) is 10.5 Å². The van der Waals surface area contributed by atoms with Crippen LogP contribution in [-0.4, -0.2) is 37.7 Å². The molecule has 2 rings (SSSR count). The summed E-state index contributed by atoms with van der Waals surface area (Å²) >= 11 is 7.07. The van der Waals surface area contributed by atoms with Crippen molar-refractivity contribution in [1.82, 2.24) is 4.90 Å². The van der Waals surface area contributed by atoms with Gasteiger partial charge < -0.3 is 10.5 Å². The Morgan fingerprint density at radius 1 is 1.35 bits per heavy atom. The van der Waals surface area contributed by atoms with E-state index in [-0.39, 0.29) is 6.04 Å². The van der Waals surface area contributed by atoms with Crippen LogP contribution in [0.4, 0.5) is 0 Å². The molecular formula is C15H22Br2N2O. The fourth-order valence-electron chi connectivity index (χ4n) is 2.69. The Morgan fingerprint density at radius 2 is 2.15 bits per heavy atom. The molecule has 112 valence electrons. The highest BCUT2D eigenvalue weighted by Crippen LogP contribution is 2.28. The molecule has 1 aromatic rings. The summed E-state index contributed by atoms with van der Waals surface area (Å²) in [5.41, 5.74) is 7.23. The molecule has 1 heterocycles. The number of halogens is 2. The van der Waals surface area contributed by atoms with Crippen LogP contribution in [0, 0.1) is 0 Å². The molecule has 2 atom stereocenters. The highest BCUT2D eigenvalue weighted by atomic mass is 79.9. The van der Waals surface area contributed by atoms with Crippen LogP contribution in [0.5, 0.6) is 0 Å². The van der Waals surface area contributed by atoms with Gasteiger partial charge in [0.15, 0.2) is 0 Å². The van der Waals surface area contributed by atoms with Crippen molar-refractivity contribution in [1.29, 1.82) is 0 Å². The molecule has 20 heavy (non-hydrogen) atoms. The zero-order chi connectivity index (χ0) is 14.5. The predicted molar refractivity (Wildman–Crippen MR) is 89.9 cm³/mol. The molecule has 1 aliphatic rings. The normalized spacial score (nSPS) is 21.1. The number of nitrogens with zero attached hydrogens (tertiary/aromatic N) is 1. The molecule has 3 nitrogen and oxygen atoms in total. The van der Waals surface area contributed by atoms with Gasteiger partial charge in [0.25, 0.3) is 0 Å². The van der Waals surface area contributed by atoms with Crippen LogP contribution in [0.25, 0.3) is 0 Å². The van der Waals surface area contributed by atoms with E-state index in [1.165, 1.54) is 18.4 Å². The fourth-order valence-corrected chi connectivity index (χ4v) is 3.33. The number of nitrogens with two attached hydrogens (primary N) is 1. The average Bonchev–Trinajstić information content (AvgIpc) is 2.44. The SMILES string of the molecule is CN(CC1CCCCO1)C(CN)c1ccc(Br)c(Br)c1. The molecule has 0 aromatic heterocycles. The van der Waals surface area contributed by atoms with E-state index in [1.54, 1.807) is 0 Å². The van der Waals surface area contributed by atoms with Crippen LogP contribution in [0.1, 0.15) is 30.9 Å². The van der Waals surface area contributed by atoms with Crippen LogP contribution >= 0.6 is 31.9 Å². The molecule has 1 aliphatic heterocycles. The minimum absolute atomic E-state index is 0.227. The molecule has 5 heteroatoms. The third kappa shape index (κ3) is 4.28. The van der Waals surface area contributed by atoms with Gasteiger partial charge in [0.2, 0.25) is 0 Å². The molecule has 1 fully saturated rings. The zero-order valence-electron chi connectivity index (χ0n) is 11.8. The first-order chi connectivity index (χ1) is 9.61. The smallest absolute Gasteiger partial charge is 0.0702 e. The molecule has 0 spiro atoms. The Bertz CT molecular complexity index is 436. The van der Waals surface area contributed by atoms with Crippen molar-refractivity contribution in [2.75, 3.05) is 26.7 Å². The van der Waals surface area contributed by atoms with Crippen molar-refractivity contribution in [3.8, 4) is 0 Å². The first-order valence-corrected chi connectivity index (χ1v) is 8.67. The van der Waals surface area contributed by atoms with Gasteiger partial charge in [-0.15, -0.1) is 0 Å². The summed E-state index contributed by atoms with van der Waals surface area (Å²) in [4.78, 5) is 2.31. The van der Waals surface area contributed by atoms with Crippen LogP contribution in [0.15, 0.2) is 27.1 Å². The van der Waals surface area contributed by atoms with E-state index < -0.39 is 0 Å². The molecule has 0 bridgehead atoms. The summed E-state index contributed by atoms with van der Waals surface area (Å²) < 4.78 is 7.95. The van der Waals surface area contributed by atoms with E-state index in [9.17, 15) is 0 Å². The number of likely N-dealkylation sites (N-methyl/N-ethyl adjacent to an activating group) is 1. The van der Waals surface area contributed by atoms with Crippen molar-refractivity contribution in [3.63, 3.8) is 0 Å². The minimum atomic E-state index is 0.227. The second-order valence-corrected chi connectivity index (χ2v) is 7.06. The molecule has 2 N–H and O–H groups in total.